The molecule has 0 atom stereocenters. The van der Waals surface area contributed by atoms with Crippen LogP contribution in [-0.4, -0.2) is 13.5 Å². The molecule has 0 radical (unpaired) electrons. The van der Waals surface area contributed by atoms with E-state index in [-0.39, 0.29) is 11.5 Å². The molecule has 0 aliphatic carbocycles. The molecule has 0 aliphatic rings. The van der Waals surface area contributed by atoms with Gasteiger partial charge in [-0.15, -0.1) is 0 Å². The number of aromatic hydroxyl groups is 1. The first kappa shape index (κ1) is 11.6. The van der Waals surface area contributed by atoms with E-state index in [1.807, 2.05) is 0 Å². The average molecular weight is 255 g/mol. The van der Waals surface area contributed by atoms with E-state index in [0.717, 1.165) is 0 Å². The van der Waals surface area contributed by atoms with Gasteiger partial charge in [-0.05, 0) is 30.2 Å². The number of rotatable bonds is 2. The third kappa shape index (κ3) is 3.04. The van der Waals surface area contributed by atoms with E-state index in [2.05, 4.69) is 0 Å². The molecule has 0 unspecified atom stereocenters. The summed E-state index contributed by atoms with van der Waals surface area (Å²) in [6, 6.07) is 2.74. The number of phenols is 1. The Hall–Kier alpha value is -0.450. The van der Waals surface area contributed by atoms with Crippen LogP contribution in [0.15, 0.2) is 12.1 Å². The second kappa shape index (κ2) is 3.96. The minimum absolute atomic E-state index is 0.0257. The monoisotopic (exact) mass is 254 g/mol. The van der Waals surface area contributed by atoms with Crippen LogP contribution in [0.4, 0.5) is 0 Å². The molecule has 1 rings (SSSR count). The van der Waals surface area contributed by atoms with Gasteiger partial charge in [-0.2, -0.15) is 0 Å². The maximum absolute atomic E-state index is 10.8. The second-order valence-corrected chi connectivity index (χ2v) is 6.07. The van der Waals surface area contributed by atoms with Gasteiger partial charge in [0.15, 0.2) is 0 Å². The summed E-state index contributed by atoms with van der Waals surface area (Å²) in [4.78, 5) is 0. The minimum Gasteiger partial charge on any atom is -0.508 e. The van der Waals surface area contributed by atoms with E-state index >= 15 is 0 Å². The first-order valence-electron chi connectivity index (χ1n) is 3.70. The van der Waals surface area contributed by atoms with Crippen molar-refractivity contribution in [1.29, 1.82) is 0 Å². The first-order chi connectivity index (χ1) is 6.29. The highest BCUT2D eigenvalue weighted by molar-refractivity contribution is 8.13. The largest absolute Gasteiger partial charge is 0.508 e. The minimum atomic E-state index is -3.66. The van der Waals surface area contributed by atoms with Crippen LogP contribution in [0.5, 0.6) is 5.75 Å². The molecule has 0 spiro atoms. The molecule has 0 aliphatic heterocycles. The van der Waals surface area contributed by atoms with Crippen molar-refractivity contribution in [3.63, 3.8) is 0 Å². The Kier molecular flexibility index (Phi) is 3.29. The zero-order valence-electron chi connectivity index (χ0n) is 7.29. The highest BCUT2D eigenvalue weighted by Crippen LogP contribution is 2.27. The average Bonchev–Trinajstić information content (AvgIpc) is 1.96. The fourth-order valence-electron chi connectivity index (χ4n) is 1.11. The van der Waals surface area contributed by atoms with Gasteiger partial charge in [0.25, 0.3) is 0 Å². The van der Waals surface area contributed by atoms with Gasteiger partial charge in [-0.1, -0.05) is 11.6 Å². The smallest absolute Gasteiger partial charge is 0.236 e. The molecule has 0 saturated carbocycles. The highest BCUT2D eigenvalue weighted by atomic mass is 35.7. The maximum Gasteiger partial charge on any atom is 0.236 e. The van der Waals surface area contributed by atoms with E-state index in [1.165, 1.54) is 12.1 Å². The molecular formula is C8H8Cl2O3S. The molecule has 3 nitrogen and oxygen atoms in total. The van der Waals surface area contributed by atoms with Gasteiger partial charge < -0.3 is 5.11 Å². The van der Waals surface area contributed by atoms with Crippen molar-refractivity contribution in [3.05, 3.63) is 28.3 Å². The Morgan fingerprint density at radius 3 is 2.50 bits per heavy atom. The summed E-state index contributed by atoms with van der Waals surface area (Å²) in [5, 5.41) is 9.53. The third-order valence-electron chi connectivity index (χ3n) is 1.64. The van der Waals surface area contributed by atoms with Gasteiger partial charge in [0.1, 0.15) is 5.75 Å². The molecule has 1 aromatic carbocycles. The first-order valence-corrected chi connectivity index (χ1v) is 6.55. The van der Waals surface area contributed by atoms with Gasteiger partial charge in [0.05, 0.1) is 5.75 Å². The lowest BCUT2D eigenvalue weighted by atomic mass is 10.1. The molecule has 0 aromatic heterocycles. The van der Waals surface area contributed by atoms with Gasteiger partial charge in [-0.3, -0.25) is 0 Å². The quantitative estimate of drug-likeness (QED) is 0.825. The summed E-state index contributed by atoms with van der Waals surface area (Å²) in [6.07, 6.45) is 0. The van der Waals surface area contributed by atoms with Crippen LogP contribution < -0.4 is 0 Å². The van der Waals surface area contributed by atoms with Crippen LogP contribution in [-0.2, 0) is 14.8 Å². The van der Waals surface area contributed by atoms with Crippen molar-refractivity contribution in [2.45, 2.75) is 12.7 Å². The van der Waals surface area contributed by atoms with Crippen molar-refractivity contribution in [2.24, 2.45) is 0 Å². The summed E-state index contributed by atoms with van der Waals surface area (Å²) in [6.45, 7) is 1.67. The second-order valence-electron chi connectivity index (χ2n) is 2.92. The molecule has 1 aromatic rings. The SMILES string of the molecule is Cc1cc(O)cc(CS(=O)(=O)Cl)c1Cl. The Bertz CT molecular complexity index is 454. The van der Waals surface area contributed by atoms with Crippen LogP contribution in [0.25, 0.3) is 0 Å². The number of phenolic OH excluding ortho intramolecular Hbond substituents is 1. The van der Waals surface area contributed by atoms with Crippen LogP contribution in [0, 0.1) is 6.92 Å². The Morgan fingerprint density at radius 1 is 1.43 bits per heavy atom. The third-order valence-corrected chi connectivity index (χ3v) is 3.17. The molecular weight excluding hydrogens is 247 g/mol. The maximum atomic E-state index is 10.8. The van der Waals surface area contributed by atoms with Crippen molar-refractivity contribution < 1.29 is 13.5 Å². The fourth-order valence-corrected chi connectivity index (χ4v) is 2.32. The lowest BCUT2D eigenvalue weighted by molar-refractivity contribution is 0.474. The van der Waals surface area contributed by atoms with Gasteiger partial charge in [-0.25, -0.2) is 8.42 Å². The highest BCUT2D eigenvalue weighted by Gasteiger charge is 2.13. The Balaban J connectivity index is 3.22. The Morgan fingerprint density at radius 2 is 2.00 bits per heavy atom. The van der Waals surface area contributed by atoms with E-state index in [1.54, 1.807) is 6.92 Å². The van der Waals surface area contributed by atoms with E-state index < -0.39 is 9.05 Å². The van der Waals surface area contributed by atoms with E-state index in [4.69, 9.17) is 22.3 Å². The zero-order chi connectivity index (χ0) is 10.9. The van der Waals surface area contributed by atoms with Gasteiger partial charge in [0, 0.05) is 15.7 Å². The zero-order valence-corrected chi connectivity index (χ0v) is 9.62. The van der Waals surface area contributed by atoms with Crippen LogP contribution in [0.1, 0.15) is 11.1 Å². The van der Waals surface area contributed by atoms with Crippen molar-refractivity contribution >= 4 is 31.3 Å². The fraction of sp³-hybridized carbons (Fsp3) is 0.250. The van der Waals surface area contributed by atoms with Crippen LogP contribution in [0.3, 0.4) is 0 Å². The van der Waals surface area contributed by atoms with Crippen molar-refractivity contribution in [2.75, 3.05) is 0 Å². The van der Waals surface area contributed by atoms with Crippen molar-refractivity contribution in [1.82, 2.24) is 0 Å². The molecule has 0 amide bonds. The predicted octanol–water partition coefficient (Wildman–Crippen LogP) is 2.42. The lowest BCUT2D eigenvalue weighted by Gasteiger charge is -2.05. The van der Waals surface area contributed by atoms with Crippen LogP contribution >= 0.6 is 22.3 Å². The van der Waals surface area contributed by atoms with E-state index in [9.17, 15) is 13.5 Å². The topological polar surface area (TPSA) is 54.4 Å². The predicted molar refractivity (Wildman–Crippen MR) is 56.3 cm³/mol. The summed E-state index contributed by atoms with van der Waals surface area (Å²) in [5.41, 5.74) is 0.918. The molecule has 14 heavy (non-hydrogen) atoms. The number of halogens is 2. The number of benzene rings is 1. The van der Waals surface area contributed by atoms with Gasteiger partial charge >= 0.3 is 0 Å². The van der Waals surface area contributed by atoms with Gasteiger partial charge in [0.2, 0.25) is 9.05 Å². The molecule has 0 bridgehead atoms. The lowest BCUT2D eigenvalue weighted by Crippen LogP contribution is -1.96. The number of aryl methyl sites for hydroxylation is 1. The summed E-state index contributed by atoms with van der Waals surface area (Å²) >= 11 is 5.84. The molecule has 0 saturated heterocycles. The summed E-state index contributed by atoms with van der Waals surface area (Å²) < 4.78 is 21.6. The standard InChI is InChI=1S/C8H8Cl2O3S/c1-5-2-7(11)3-6(8(5)9)4-14(10,12)13/h2-3,11H,4H2,1H3. The number of hydrogen-bond donors (Lipinski definition) is 1. The molecule has 6 heteroatoms. The summed E-state index contributed by atoms with van der Waals surface area (Å²) in [5.74, 6) is -0.412. The molecule has 0 fully saturated rings. The van der Waals surface area contributed by atoms with Crippen LogP contribution in [0.2, 0.25) is 5.02 Å². The molecule has 0 heterocycles. The molecule has 78 valence electrons. The number of hydrogen-bond acceptors (Lipinski definition) is 3. The molecule has 1 N–H and O–H groups in total. The van der Waals surface area contributed by atoms with E-state index in [0.29, 0.717) is 16.1 Å². The van der Waals surface area contributed by atoms with Crippen molar-refractivity contribution in [3.8, 4) is 5.75 Å². The normalized spacial score (nSPS) is 11.6. The summed E-state index contributed by atoms with van der Waals surface area (Å²) in [7, 11) is 1.42. The Labute approximate surface area is 91.7 Å².